The van der Waals surface area contributed by atoms with Crippen molar-refractivity contribution < 1.29 is 0 Å². The zero-order valence-electron chi connectivity index (χ0n) is 16.2. The average molecular weight is 383 g/mol. The van der Waals surface area contributed by atoms with Gasteiger partial charge >= 0.3 is 0 Å². The minimum Gasteiger partial charge on any atom is -0.330 e. The monoisotopic (exact) mass is 382 g/mol. The van der Waals surface area contributed by atoms with Crippen molar-refractivity contribution in [3.05, 3.63) is 59.1 Å². The number of halogens is 1. The van der Waals surface area contributed by atoms with E-state index in [9.17, 15) is 0 Å². The number of hydrogen-bond acceptors (Lipinski definition) is 2. The third-order valence-electron chi connectivity index (χ3n) is 6.89. The summed E-state index contributed by atoms with van der Waals surface area (Å²) in [6.45, 7) is 3.12. The molecule has 0 radical (unpaired) electrons. The van der Waals surface area contributed by atoms with Crippen molar-refractivity contribution in [1.82, 2.24) is 4.90 Å². The Morgan fingerprint density at radius 1 is 0.926 bits per heavy atom. The molecule has 2 fully saturated rings. The van der Waals surface area contributed by atoms with Crippen LogP contribution in [0.2, 0.25) is 5.02 Å². The van der Waals surface area contributed by atoms with Crippen molar-refractivity contribution in [3.63, 3.8) is 0 Å². The smallest absolute Gasteiger partial charge is 0.0412 e. The Hall–Kier alpha value is -1.35. The molecule has 2 N–H and O–H groups in total. The third kappa shape index (κ3) is 4.08. The molecule has 1 saturated heterocycles. The number of nitrogens with two attached hydrogens (primary N) is 1. The van der Waals surface area contributed by atoms with Crippen LogP contribution in [0, 0.1) is 0 Å². The standard InChI is InChI=1S/C24H31ClN2/c25-22-6-4-5-20(17-22)19-9-11-21(12-10-19)24(18-26)13-15-27(16-14-24)23-7-2-1-3-8-23/h4-6,9-12,17,23H,1-3,7-8,13-16,18,26H2. The molecule has 4 rings (SSSR count). The highest BCUT2D eigenvalue weighted by molar-refractivity contribution is 6.30. The first-order valence-corrected chi connectivity index (χ1v) is 10.9. The lowest BCUT2D eigenvalue weighted by Gasteiger charge is -2.45. The average Bonchev–Trinajstić information content (AvgIpc) is 2.74. The topological polar surface area (TPSA) is 29.3 Å². The van der Waals surface area contributed by atoms with E-state index in [0.717, 1.165) is 17.6 Å². The quantitative estimate of drug-likeness (QED) is 0.742. The zero-order chi connectivity index (χ0) is 18.7. The third-order valence-corrected chi connectivity index (χ3v) is 7.13. The molecular formula is C24H31ClN2. The van der Waals surface area contributed by atoms with Gasteiger partial charge in [-0.15, -0.1) is 0 Å². The predicted octanol–water partition coefficient (Wildman–Crippen LogP) is 5.63. The van der Waals surface area contributed by atoms with E-state index in [2.05, 4.69) is 35.2 Å². The second-order valence-electron chi connectivity index (χ2n) is 8.40. The molecule has 0 bridgehead atoms. The van der Waals surface area contributed by atoms with Crippen LogP contribution in [0.25, 0.3) is 11.1 Å². The Bertz CT molecular complexity index is 741. The lowest BCUT2D eigenvalue weighted by Crippen LogP contribution is -2.50. The van der Waals surface area contributed by atoms with Crippen LogP contribution in [0.4, 0.5) is 0 Å². The van der Waals surface area contributed by atoms with Crippen molar-refractivity contribution in [2.45, 2.75) is 56.4 Å². The molecule has 0 spiro atoms. The second kappa shape index (κ2) is 8.34. The van der Waals surface area contributed by atoms with Gasteiger partial charge in [0, 0.05) is 23.0 Å². The summed E-state index contributed by atoms with van der Waals surface area (Å²) in [4.78, 5) is 2.74. The highest BCUT2D eigenvalue weighted by Crippen LogP contribution is 2.37. The van der Waals surface area contributed by atoms with E-state index in [-0.39, 0.29) is 5.41 Å². The lowest BCUT2D eigenvalue weighted by atomic mass is 9.72. The molecular weight excluding hydrogens is 352 g/mol. The molecule has 27 heavy (non-hydrogen) atoms. The molecule has 144 valence electrons. The predicted molar refractivity (Wildman–Crippen MR) is 115 cm³/mol. The number of piperidine rings is 1. The first-order chi connectivity index (χ1) is 13.2. The van der Waals surface area contributed by atoms with Crippen LogP contribution in [0.15, 0.2) is 48.5 Å². The summed E-state index contributed by atoms with van der Waals surface area (Å²) in [6, 6.07) is 17.9. The van der Waals surface area contributed by atoms with Crippen LogP contribution in [0.1, 0.15) is 50.5 Å². The van der Waals surface area contributed by atoms with Gasteiger partial charge in [-0.1, -0.05) is 67.3 Å². The minimum absolute atomic E-state index is 0.137. The van der Waals surface area contributed by atoms with Crippen LogP contribution in [0.5, 0.6) is 0 Å². The van der Waals surface area contributed by atoms with Gasteiger partial charge in [0.1, 0.15) is 0 Å². The van der Waals surface area contributed by atoms with E-state index < -0.39 is 0 Å². The van der Waals surface area contributed by atoms with Gasteiger partial charge in [-0.05, 0) is 67.6 Å². The van der Waals surface area contributed by atoms with Crippen molar-refractivity contribution in [1.29, 1.82) is 0 Å². The maximum atomic E-state index is 6.33. The van der Waals surface area contributed by atoms with Crippen LogP contribution < -0.4 is 5.73 Å². The molecule has 2 aliphatic rings. The molecule has 1 heterocycles. The summed E-state index contributed by atoms with van der Waals surface area (Å²) < 4.78 is 0. The number of hydrogen-bond donors (Lipinski definition) is 1. The highest BCUT2D eigenvalue weighted by Gasteiger charge is 2.37. The minimum atomic E-state index is 0.137. The number of rotatable bonds is 4. The van der Waals surface area contributed by atoms with E-state index in [1.165, 1.54) is 74.7 Å². The summed E-state index contributed by atoms with van der Waals surface area (Å²) in [5.74, 6) is 0. The first kappa shape index (κ1) is 19.0. The van der Waals surface area contributed by atoms with Gasteiger partial charge in [0.2, 0.25) is 0 Å². The molecule has 3 heteroatoms. The molecule has 1 saturated carbocycles. The summed E-state index contributed by atoms with van der Waals surface area (Å²) >= 11 is 6.15. The van der Waals surface area contributed by atoms with Gasteiger partial charge in [0.05, 0.1) is 0 Å². The van der Waals surface area contributed by atoms with Crippen LogP contribution in [0.3, 0.4) is 0 Å². The van der Waals surface area contributed by atoms with E-state index in [1.54, 1.807) is 0 Å². The van der Waals surface area contributed by atoms with Crippen LogP contribution >= 0.6 is 11.6 Å². The fourth-order valence-corrected chi connectivity index (χ4v) is 5.25. The summed E-state index contributed by atoms with van der Waals surface area (Å²) in [5.41, 5.74) is 10.3. The molecule has 1 aliphatic carbocycles. The van der Waals surface area contributed by atoms with Gasteiger partial charge in [-0.3, -0.25) is 0 Å². The Labute approximate surface area is 168 Å². The Morgan fingerprint density at radius 3 is 2.26 bits per heavy atom. The van der Waals surface area contributed by atoms with Gasteiger partial charge in [0.25, 0.3) is 0 Å². The number of nitrogens with zero attached hydrogens (tertiary/aromatic N) is 1. The highest BCUT2D eigenvalue weighted by atomic mass is 35.5. The fraction of sp³-hybridized carbons (Fsp3) is 0.500. The van der Waals surface area contributed by atoms with Gasteiger partial charge in [-0.2, -0.15) is 0 Å². The summed E-state index contributed by atoms with van der Waals surface area (Å²) in [7, 11) is 0. The molecule has 2 nitrogen and oxygen atoms in total. The summed E-state index contributed by atoms with van der Waals surface area (Å²) in [6.07, 6.45) is 9.39. The molecule has 0 atom stereocenters. The second-order valence-corrected chi connectivity index (χ2v) is 8.84. The Morgan fingerprint density at radius 2 is 1.63 bits per heavy atom. The maximum Gasteiger partial charge on any atom is 0.0412 e. The van der Waals surface area contributed by atoms with Gasteiger partial charge in [0.15, 0.2) is 0 Å². The van der Waals surface area contributed by atoms with E-state index >= 15 is 0 Å². The van der Waals surface area contributed by atoms with Gasteiger partial charge in [-0.25, -0.2) is 0 Å². The molecule has 0 amide bonds. The molecule has 1 aliphatic heterocycles. The van der Waals surface area contributed by atoms with E-state index in [0.29, 0.717) is 0 Å². The van der Waals surface area contributed by atoms with E-state index in [4.69, 9.17) is 17.3 Å². The SMILES string of the molecule is NCC1(c2ccc(-c3cccc(Cl)c3)cc2)CCN(C2CCCCC2)CC1. The summed E-state index contributed by atoms with van der Waals surface area (Å²) in [5, 5.41) is 0.782. The van der Waals surface area contributed by atoms with Crippen molar-refractivity contribution in [3.8, 4) is 11.1 Å². The van der Waals surface area contributed by atoms with Crippen molar-refractivity contribution >= 4 is 11.6 Å². The van der Waals surface area contributed by atoms with Crippen LogP contribution in [-0.2, 0) is 5.41 Å². The fourth-order valence-electron chi connectivity index (χ4n) is 5.06. The van der Waals surface area contributed by atoms with Gasteiger partial charge < -0.3 is 10.6 Å². The maximum absolute atomic E-state index is 6.33. The molecule has 0 unspecified atom stereocenters. The van der Waals surface area contributed by atoms with Crippen molar-refractivity contribution in [2.24, 2.45) is 5.73 Å². The Balaban J connectivity index is 1.48. The van der Waals surface area contributed by atoms with Crippen molar-refractivity contribution in [2.75, 3.05) is 19.6 Å². The zero-order valence-corrected chi connectivity index (χ0v) is 16.9. The number of likely N-dealkylation sites (tertiary alicyclic amines) is 1. The number of benzene rings is 2. The molecule has 2 aromatic rings. The lowest BCUT2D eigenvalue weighted by molar-refractivity contribution is 0.0947. The van der Waals surface area contributed by atoms with E-state index in [1.807, 2.05) is 18.2 Å². The van der Waals surface area contributed by atoms with Crippen LogP contribution in [-0.4, -0.2) is 30.6 Å². The molecule has 0 aromatic heterocycles. The largest absolute Gasteiger partial charge is 0.330 e. The Kier molecular flexibility index (Phi) is 5.87. The first-order valence-electron chi connectivity index (χ1n) is 10.5. The molecule has 2 aromatic carbocycles. The normalized spacial score (nSPS) is 21.3.